The molecule has 32 heavy (non-hydrogen) atoms. The third kappa shape index (κ3) is 5.09. The van der Waals surface area contributed by atoms with Crippen LogP contribution in [0.25, 0.3) is 0 Å². The number of nitrogens with zero attached hydrogens (tertiary/aromatic N) is 1. The molecule has 0 saturated carbocycles. The number of carbonyl (C=O) groups is 2. The van der Waals surface area contributed by atoms with Gasteiger partial charge in [-0.25, -0.2) is 4.39 Å². The normalized spacial score (nSPS) is 14.2. The van der Waals surface area contributed by atoms with E-state index in [0.717, 1.165) is 28.8 Å². The highest BCUT2D eigenvalue weighted by atomic mass is 19.4. The molecule has 172 valence electrons. The third-order valence-electron chi connectivity index (χ3n) is 5.39. The molecular formula is C23H24F4N2O3. The number of fused-ring (bicyclic) bond motifs is 1. The van der Waals surface area contributed by atoms with Crippen molar-refractivity contribution in [2.45, 2.75) is 51.9 Å². The number of hydrogen-bond donors (Lipinski definition) is 2. The van der Waals surface area contributed by atoms with Gasteiger partial charge in [-0.15, -0.1) is 0 Å². The molecule has 0 aliphatic carbocycles. The number of carbonyl (C=O) groups excluding carboxylic acids is 2. The minimum Gasteiger partial charge on any atom is -0.381 e. The standard InChI is InChI=1S/C23H24F4N2O3/c1-13-4-6-15-12-29(21(31)22(2,3)32)9-8-16(15)20(13)28-19(30)11-14-5-7-17(18(24)10-14)23(25,26)27/h4-7,10,32H,8-9,11-12H2,1-3H3,(H,28,30). The van der Waals surface area contributed by atoms with E-state index in [0.29, 0.717) is 24.7 Å². The number of benzene rings is 2. The lowest BCUT2D eigenvalue weighted by molar-refractivity contribution is -0.148. The molecule has 0 atom stereocenters. The molecule has 1 aliphatic rings. The van der Waals surface area contributed by atoms with Gasteiger partial charge in [-0.05, 0) is 61.6 Å². The summed E-state index contributed by atoms with van der Waals surface area (Å²) in [5.41, 5.74) is 0.313. The van der Waals surface area contributed by atoms with Crippen LogP contribution < -0.4 is 5.32 Å². The number of halogens is 4. The van der Waals surface area contributed by atoms with E-state index in [1.807, 2.05) is 13.0 Å². The number of amides is 2. The van der Waals surface area contributed by atoms with Crippen LogP contribution in [-0.4, -0.2) is 34.0 Å². The van der Waals surface area contributed by atoms with E-state index < -0.39 is 35.0 Å². The van der Waals surface area contributed by atoms with E-state index in [-0.39, 0.29) is 18.5 Å². The lowest BCUT2D eigenvalue weighted by Gasteiger charge is -2.34. The smallest absolute Gasteiger partial charge is 0.381 e. The first-order valence-electron chi connectivity index (χ1n) is 10.1. The lowest BCUT2D eigenvalue weighted by atomic mass is 9.93. The quantitative estimate of drug-likeness (QED) is 0.690. The van der Waals surface area contributed by atoms with E-state index in [1.165, 1.54) is 13.8 Å². The summed E-state index contributed by atoms with van der Waals surface area (Å²) in [6, 6.07) is 6.08. The van der Waals surface area contributed by atoms with Crippen molar-refractivity contribution in [2.24, 2.45) is 0 Å². The van der Waals surface area contributed by atoms with Gasteiger partial charge in [0, 0.05) is 18.8 Å². The van der Waals surface area contributed by atoms with Gasteiger partial charge in [0.15, 0.2) is 0 Å². The van der Waals surface area contributed by atoms with Crippen molar-refractivity contribution in [1.29, 1.82) is 0 Å². The number of nitrogens with one attached hydrogen (secondary N) is 1. The van der Waals surface area contributed by atoms with Crippen molar-refractivity contribution in [3.8, 4) is 0 Å². The summed E-state index contributed by atoms with van der Waals surface area (Å²) in [6.45, 7) is 5.31. The summed E-state index contributed by atoms with van der Waals surface area (Å²) in [6.07, 6.45) is -4.63. The Kier molecular flexibility index (Phi) is 6.33. The van der Waals surface area contributed by atoms with Gasteiger partial charge in [-0.2, -0.15) is 13.2 Å². The molecule has 0 saturated heterocycles. The van der Waals surface area contributed by atoms with Crippen molar-refractivity contribution in [3.05, 3.63) is 64.0 Å². The second-order valence-corrected chi connectivity index (χ2v) is 8.47. The highest BCUT2D eigenvalue weighted by Gasteiger charge is 2.34. The number of aliphatic hydroxyl groups is 1. The summed E-state index contributed by atoms with van der Waals surface area (Å²) in [5.74, 6) is -2.30. The minimum absolute atomic E-state index is 0.123. The van der Waals surface area contributed by atoms with Crippen molar-refractivity contribution in [3.63, 3.8) is 0 Å². The van der Waals surface area contributed by atoms with Crippen LogP contribution >= 0.6 is 0 Å². The van der Waals surface area contributed by atoms with Crippen LogP contribution in [0.2, 0.25) is 0 Å². The molecule has 2 amide bonds. The molecule has 1 aliphatic heterocycles. The summed E-state index contributed by atoms with van der Waals surface area (Å²) >= 11 is 0. The van der Waals surface area contributed by atoms with Gasteiger partial charge in [-0.1, -0.05) is 18.2 Å². The number of alkyl halides is 3. The van der Waals surface area contributed by atoms with Crippen LogP contribution in [0.1, 0.15) is 41.7 Å². The zero-order chi connectivity index (χ0) is 23.8. The fraction of sp³-hybridized carbons (Fsp3) is 0.391. The molecule has 9 heteroatoms. The maximum Gasteiger partial charge on any atom is 0.419 e. The van der Waals surface area contributed by atoms with Gasteiger partial charge in [0.2, 0.25) is 5.91 Å². The van der Waals surface area contributed by atoms with Crippen LogP contribution in [0, 0.1) is 12.7 Å². The Bertz CT molecular complexity index is 1060. The van der Waals surface area contributed by atoms with Crippen LogP contribution in [0.4, 0.5) is 23.2 Å². The molecule has 3 rings (SSSR count). The van der Waals surface area contributed by atoms with E-state index in [2.05, 4.69) is 5.32 Å². The van der Waals surface area contributed by atoms with E-state index in [1.54, 1.807) is 11.0 Å². The maximum atomic E-state index is 13.8. The number of hydrogen-bond acceptors (Lipinski definition) is 3. The largest absolute Gasteiger partial charge is 0.419 e. The van der Waals surface area contributed by atoms with Crippen molar-refractivity contribution >= 4 is 17.5 Å². The molecule has 1 heterocycles. The number of aryl methyl sites for hydroxylation is 1. The van der Waals surface area contributed by atoms with Gasteiger partial charge in [-0.3, -0.25) is 9.59 Å². The van der Waals surface area contributed by atoms with Crippen LogP contribution in [0.15, 0.2) is 30.3 Å². The van der Waals surface area contributed by atoms with Crippen LogP contribution in [0.5, 0.6) is 0 Å². The third-order valence-corrected chi connectivity index (χ3v) is 5.39. The van der Waals surface area contributed by atoms with Crippen molar-refractivity contribution in [1.82, 2.24) is 4.90 Å². The predicted octanol–water partition coefficient (Wildman–Crippen LogP) is 3.99. The first-order chi connectivity index (χ1) is 14.8. The Labute approximate surface area is 183 Å². The first-order valence-corrected chi connectivity index (χ1v) is 10.1. The molecule has 0 bridgehead atoms. The Morgan fingerprint density at radius 2 is 1.84 bits per heavy atom. The lowest BCUT2D eigenvalue weighted by Crippen LogP contribution is -2.47. The molecule has 0 aromatic heterocycles. The Balaban J connectivity index is 1.77. The molecule has 2 aromatic rings. The predicted molar refractivity (Wildman–Crippen MR) is 110 cm³/mol. The van der Waals surface area contributed by atoms with E-state index >= 15 is 0 Å². The molecular weight excluding hydrogens is 428 g/mol. The van der Waals surface area contributed by atoms with Crippen molar-refractivity contribution < 1.29 is 32.3 Å². The average molecular weight is 452 g/mol. The molecule has 0 spiro atoms. The van der Waals surface area contributed by atoms with E-state index in [9.17, 15) is 32.3 Å². The van der Waals surface area contributed by atoms with Crippen molar-refractivity contribution in [2.75, 3.05) is 11.9 Å². The molecule has 2 N–H and O–H groups in total. The molecule has 2 aromatic carbocycles. The SMILES string of the molecule is Cc1ccc2c(c1NC(=O)Cc1ccc(C(F)(F)F)c(F)c1)CCN(C(=O)C(C)(C)O)C2. The Morgan fingerprint density at radius 3 is 2.44 bits per heavy atom. The molecule has 0 unspecified atom stereocenters. The summed E-state index contributed by atoms with van der Waals surface area (Å²) in [5, 5.41) is 12.8. The summed E-state index contributed by atoms with van der Waals surface area (Å²) in [7, 11) is 0. The average Bonchev–Trinajstić information content (AvgIpc) is 2.67. The maximum absolute atomic E-state index is 13.8. The monoisotopic (exact) mass is 452 g/mol. The van der Waals surface area contributed by atoms with Gasteiger partial charge in [0.05, 0.1) is 12.0 Å². The highest BCUT2D eigenvalue weighted by molar-refractivity contribution is 5.94. The molecule has 0 radical (unpaired) electrons. The fourth-order valence-electron chi connectivity index (χ4n) is 3.78. The Hall–Kier alpha value is -2.94. The van der Waals surface area contributed by atoms with Crippen LogP contribution in [-0.2, 0) is 35.2 Å². The van der Waals surface area contributed by atoms with Gasteiger partial charge >= 0.3 is 6.18 Å². The first kappa shape index (κ1) is 23.7. The zero-order valence-corrected chi connectivity index (χ0v) is 17.9. The minimum atomic E-state index is -4.80. The Morgan fingerprint density at radius 1 is 1.16 bits per heavy atom. The molecule has 5 nitrogen and oxygen atoms in total. The highest BCUT2D eigenvalue weighted by Crippen LogP contribution is 2.32. The number of anilines is 1. The second kappa shape index (κ2) is 8.54. The van der Waals surface area contributed by atoms with Gasteiger partial charge in [0.1, 0.15) is 11.4 Å². The van der Waals surface area contributed by atoms with E-state index in [4.69, 9.17) is 0 Å². The summed E-state index contributed by atoms with van der Waals surface area (Å²) < 4.78 is 52.0. The second-order valence-electron chi connectivity index (χ2n) is 8.47. The number of rotatable bonds is 4. The fourth-order valence-corrected chi connectivity index (χ4v) is 3.78. The summed E-state index contributed by atoms with van der Waals surface area (Å²) in [4.78, 5) is 26.5. The van der Waals surface area contributed by atoms with Crippen LogP contribution in [0.3, 0.4) is 0 Å². The zero-order valence-electron chi connectivity index (χ0n) is 17.9. The topological polar surface area (TPSA) is 69.6 Å². The molecule has 0 fully saturated rings. The van der Waals surface area contributed by atoms with Gasteiger partial charge < -0.3 is 15.3 Å². The van der Waals surface area contributed by atoms with Gasteiger partial charge in [0.25, 0.3) is 5.91 Å².